The van der Waals surface area contributed by atoms with E-state index in [9.17, 15) is 27.9 Å². The Kier molecular flexibility index (Phi) is 6.01. The van der Waals surface area contributed by atoms with Gasteiger partial charge in [-0.3, -0.25) is 4.79 Å². The van der Waals surface area contributed by atoms with Crippen molar-refractivity contribution in [2.45, 2.75) is 32.7 Å². The Morgan fingerprint density at radius 1 is 1.15 bits per heavy atom. The summed E-state index contributed by atoms with van der Waals surface area (Å²) in [7, 11) is 0. The first-order chi connectivity index (χ1) is 12.2. The van der Waals surface area contributed by atoms with Crippen LogP contribution in [0.5, 0.6) is 0 Å². The molecule has 0 bridgehead atoms. The maximum Gasteiger partial charge on any atom is 0.326 e. The lowest BCUT2D eigenvalue weighted by Crippen LogP contribution is -2.42. The molecule has 1 aromatic heterocycles. The van der Waals surface area contributed by atoms with E-state index in [0.717, 1.165) is 0 Å². The van der Waals surface area contributed by atoms with Crippen LogP contribution in [0.4, 0.5) is 13.2 Å². The molecule has 1 aromatic carbocycles. The molecule has 1 amide bonds. The van der Waals surface area contributed by atoms with Gasteiger partial charge >= 0.3 is 5.97 Å². The van der Waals surface area contributed by atoms with Crippen molar-refractivity contribution in [1.82, 2.24) is 10.5 Å². The fourth-order valence-electron chi connectivity index (χ4n) is 2.32. The van der Waals surface area contributed by atoms with Crippen molar-refractivity contribution in [2.75, 3.05) is 0 Å². The summed E-state index contributed by atoms with van der Waals surface area (Å²) in [5, 5.41) is 15.1. The minimum atomic E-state index is -1.65. The lowest BCUT2D eigenvalue weighted by Gasteiger charge is -2.14. The number of carboxylic acids is 1. The van der Waals surface area contributed by atoms with Gasteiger partial charge in [-0.25, -0.2) is 18.0 Å². The lowest BCUT2D eigenvalue weighted by molar-refractivity contribution is -0.139. The summed E-state index contributed by atoms with van der Waals surface area (Å²) in [5.74, 6) is -6.68. The quantitative estimate of drug-likeness (QED) is 0.731. The van der Waals surface area contributed by atoms with Crippen molar-refractivity contribution in [3.05, 3.63) is 52.7 Å². The first kappa shape index (κ1) is 19.5. The number of amides is 1. The second-order valence-electron chi connectivity index (χ2n) is 6.22. The van der Waals surface area contributed by atoms with E-state index in [2.05, 4.69) is 10.5 Å². The number of nitrogens with one attached hydrogen (secondary N) is 1. The van der Waals surface area contributed by atoms with E-state index in [1.807, 2.05) is 13.8 Å². The molecule has 140 valence electrons. The van der Waals surface area contributed by atoms with Gasteiger partial charge in [0.15, 0.2) is 17.5 Å². The van der Waals surface area contributed by atoms with Crippen molar-refractivity contribution < 1.29 is 32.4 Å². The number of rotatable bonds is 7. The second kappa shape index (κ2) is 8.03. The highest BCUT2D eigenvalue weighted by Gasteiger charge is 2.24. The van der Waals surface area contributed by atoms with Crippen LogP contribution >= 0.6 is 0 Å². The SMILES string of the molecule is CC(C)Cc1cc(C(=O)NC(Cc2cc(F)c(F)c(F)c2)C(=O)O)on1. The second-order valence-corrected chi connectivity index (χ2v) is 6.22. The molecule has 1 atom stereocenters. The summed E-state index contributed by atoms with van der Waals surface area (Å²) >= 11 is 0. The van der Waals surface area contributed by atoms with Gasteiger partial charge in [-0.15, -0.1) is 0 Å². The summed E-state index contributed by atoms with van der Waals surface area (Å²) in [6, 6.07) is 1.25. The normalized spacial score (nSPS) is 12.2. The molecule has 1 heterocycles. The Morgan fingerprint density at radius 3 is 2.31 bits per heavy atom. The summed E-state index contributed by atoms with van der Waals surface area (Å²) in [4.78, 5) is 23.5. The maximum atomic E-state index is 13.3. The summed E-state index contributed by atoms with van der Waals surface area (Å²) in [6.45, 7) is 3.91. The molecule has 0 aliphatic heterocycles. The molecule has 2 N–H and O–H groups in total. The molecule has 0 saturated heterocycles. The van der Waals surface area contributed by atoms with Gasteiger partial charge in [0, 0.05) is 12.5 Å². The third-order valence-electron chi connectivity index (χ3n) is 3.49. The van der Waals surface area contributed by atoms with Gasteiger partial charge in [0.25, 0.3) is 5.91 Å². The molecule has 0 radical (unpaired) electrons. The number of hydrogen-bond acceptors (Lipinski definition) is 4. The fraction of sp³-hybridized carbons (Fsp3) is 0.353. The van der Waals surface area contributed by atoms with Crippen molar-refractivity contribution in [3.8, 4) is 0 Å². The van der Waals surface area contributed by atoms with Crippen molar-refractivity contribution in [1.29, 1.82) is 0 Å². The van der Waals surface area contributed by atoms with Gasteiger partial charge in [-0.05, 0) is 30.0 Å². The number of carbonyl (C=O) groups excluding carboxylic acids is 1. The van der Waals surface area contributed by atoms with Crippen LogP contribution in [0.3, 0.4) is 0 Å². The monoisotopic (exact) mass is 370 g/mol. The molecule has 0 aliphatic rings. The van der Waals surface area contributed by atoms with E-state index in [0.29, 0.717) is 24.2 Å². The summed E-state index contributed by atoms with van der Waals surface area (Å²) < 4.78 is 44.4. The van der Waals surface area contributed by atoms with Crippen molar-refractivity contribution in [3.63, 3.8) is 0 Å². The van der Waals surface area contributed by atoms with E-state index in [1.54, 1.807) is 0 Å². The Labute approximate surface area is 147 Å². The summed E-state index contributed by atoms with van der Waals surface area (Å²) in [6.07, 6.45) is 0.134. The van der Waals surface area contributed by atoms with Crippen LogP contribution in [0.2, 0.25) is 0 Å². The number of carbonyl (C=O) groups is 2. The van der Waals surface area contributed by atoms with Gasteiger partial charge in [-0.2, -0.15) is 0 Å². The highest BCUT2D eigenvalue weighted by molar-refractivity contribution is 5.94. The fourth-order valence-corrected chi connectivity index (χ4v) is 2.32. The minimum Gasteiger partial charge on any atom is -0.480 e. The number of benzene rings is 1. The zero-order chi connectivity index (χ0) is 19.4. The highest BCUT2D eigenvalue weighted by Crippen LogP contribution is 2.15. The van der Waals surface area contributed by atoms with Crippen LogP contribution in [-0.2, 0) is 17.6 Å². The van der Waals surface area contributed by atoms with E-state index in [4.69, 9.17) is 4.52 Å². The minimum absolute atomic E-state index is 0.118. The van der Waals surface area contributed by atoms with Crippen LogP contribution in [0.1, 0.15) is 35.7 Å². The molecular formula is C17H17F3N2O4. The van der Waals surface area contributed by atoms with E-state index >= 15 is 0 Å². The number of aromatic nitrogens is 1. The summed E-state index contributed by atoms with van der Waals surface area (Å²) in [5.41, 5.74) is 0.423. The molecule has 2 aromatic rings. The number of hydrogen-bond donors (Lipinski definition) is 2. The number of carboxylic acid groups (broad SMARTS) is 1. The van der Waals surface area contributed by atoms with E-state index in [-0.39, 0.29) is 17.2 Å². The van der Waals surface area contributed by atoms with Crippen LogP contribution in [-0.4, -0.2) is 28.2 Å². The van der Waals surface area contributed by atoms with E-state index < -0.39 is 41.8 Å². The Balaban J connectivity index is 2.11. The smallest absolute Gasteiger partial charge is 0.326 e. The number of aliphatic carboxylic acids is 1. The molecule has 6 nitrogen and oxygen atoms in total. The predicted molar refractivity (Wildman–Crippen MR) is 84.0 cm³/mol. The van der Waals surface area contributed by atoms with Crippen LogP contribution in [0.15, 0.2) is 22.7 Å². The standard InChI is InChI=1S/C17H17F3N2O4/c1-8(2)3-10-7-14(26-22-10)16(23)21-13(17(24)25)6-9-4-11(18)15(20)12(19)5-9/h4-5,7-8,13H,3,6H2,1-2H3,(H,21,23)(H,24,25). The van der Waals surface area contributed by atoms with Gasteiger partial charge in [0.2, 0.25) is 5.76 Å². The predicted octanol–water partition coefficient (Wildman–Crippen LogP) is 2.72. The number of nitrogens with zero attached hydrogens (tertiary/aromatic N) is 1. The first-order valence-electron chi connectivity index (χ1n) is 7.80. The topological polar surface area (TPSA) is 92.4 Å². The number of halogens is 3. The third kappa shape index (κ3) is 4.84. The molecule has 9 heteroatoms. The van der Waals surface area contributed by atoms with Gasteiger partial charge in [0.1, 0.15) is 6.04 Å². The molecular weight excluding hydrogens is 353 g/mol. The van der Waals surface area contributed by atoms with Gasteiger partial charge in [-0.1, -0.05) is 19.0 Å². The van der Waals surface area contributed by atoms with Crippen LogP contribution < -0.4 is 5.32 Å². The van der Waals surface area contributed by atoms with Crippen molar-refractivity contribution >= 4 is 11.9 Å². The molecule has 0 fully saturated rings. The van der Waals surface area contributed by atoms with Crippen LogP contribution in [0, 0.1) is 23.4 Å². The molecule has 1 unspecified atom stereocenters. The highest BCUT2D eigenvalue weighted by atomic mass is 19.2. The molecule has 0 spiro atoms. The zero-order valence-electron chi connectivity index (χ0n) is 14.1. The Hall–Kier alpha value is -2.84. The Bertz CT molecular complexity index is 797. The maximum absolute atomic E-state index is 13.3. The first-order valence-corrected chi connectivity index (χ1v) is 7.80. The molecule has 2 rings (SSSR count). The average molecular weight is 370 g/mol. The molecule has 0 saturated carbocycles. The van der Waals surface area contributed by atoms with Gasteiger partial charge in [0.05, 0.1) is 5.69 Å². The third-order valence-corrected chi connectivity index (χ3v) is 3.49. The lowest BCUT2D eigenvalue weighted by atomic mass is 10.0. The van der Waals surface area contributed by atoms with Crippen molar-refractivity contribution in [2.24, 2.45) is 5.92 Å². The molecule has 26 heavy (non-hydrogen) atoms. The van der Waals surface area contributed by atoms with E-state index in [1.165, 1.54) is 6.07 Å². The Morgan fingerprint density at radius 2 is 1.77 bits per heavy atom. The molecule has 0 aliphatic carbocycles. The largest absolute Gasteiger partial charge is 0.480 e. The average Bonchev–Trinajstić information content (AvgIpc) is 2.99. The van der Waals surface area contributed by atoms with Crippen LogP contribution in [0.25, 0.3) is 0 Å². The zero-order valence-corrected chi connectivity index (χ0v) is 14.1. The van der Waals surface area contributed by atoms with Gasteiger partial charge < -0.3 is 14.9 Å².